The van der Waals surface area contributed by atoms with Crippen LogP contribution in [0.2, 0.25) is 0 Å². The second kappa shape index (κ2) is 7.85. The molecule has 0 amide bonds. The lowest BCUT2D eigenvalue weighted by Crippen LogP contribution is -1.98. The van der Waals surface area contributed by atoms with Crippen molar-refractivity contribution in [2.24, 2.45) is 0 Å². The van der Waals surface area contributed by atoms with Gasteiger partial charge in [-0.05, 0) is 65.4 Å². The third-order valence-corrected chi connectivity index (χ3v) is 5.37. The largest absolute Gasteiger partial charge is 0.493 e. The number of para-hydroxylation sites is 1. The van der Waals surface area contributed by atoms with E-state index in [1.165, 1.54) is 11.3 Å². The number of rotatable bonds is 5. The molecule has 0 atom stereocenters. The number of methoxy groups -OCH3 is 1. The molecule has 6 heteroatoms. The van der Waals surface area contributed by atoms with Gasteiger partial charge in [0.1, 0.15) is 11.1 Å². The summed E-state index contributed by atoms with van der Waals surface area (Å²) < 4.78 is 13.1. The van der Waals surface area contributed by atoms with Crippen LogP contribution < -0.4 is 9.47 Å². The number of hydrogen-bond donors (Lipinski definition) is 0. The van der Waals surface area contributed by atoms with Gasteiger partial charge < -0.3 is 9.47 Å². The van der Waals surface area contributed by atoms with Crippen molar-refractivity contribution >= 4 is 55.8 Å². The summed E-state index contributed by atoms with van der Waals surface area (Å²) in [6.07, 6.45) is 1.83. The van der Waals surface area contributed by atoms with Crippen molar-refractivity contribution in [3.8, 4) is 17.6 Å². The number of ether oxygens (including phenoxy) is 2. The Labute approximate surface area is 163 Å². The molecular weight excluding hydrogens is 447 g/mol. The van der Waals surface area contributed by atoms with Crippen molar-refractivity contribution in [1.82, 2.24) is 4.98 Å². The molecule has 0 unspecified atom stereocenters. The summed E-state index contributed by atoms with van der Waals surface area (Å²) in [4.78, 5) is 4.56. The molecule has 2 aromatic carbocycles. The van der Waals surface area contributed by atoms with Crippen LogP contribution in [0.5, 0.6) is 11.5 Å². The van der Waals surface area contributed by atoms with Crippen LogP contribution in [0.3, 0.4) is 0 Å². The molecule has 0 spiro atoms. The van der Waals surface area contributed by atoms with Crippen molar-refractivity contribution in [2.75, 3.05) is 13.7 Å². The number of fused-ring (bicyclic) bond motifs is 1. The molecule has 0 aliphatic heterocycles. The summed E-state index contributed by atoms with van der Waals surface area (Å²) in [7, 11) is 1.61. The maximum atomic E-state index is 9.59. The Hall–Kier alpha value is -2.11. The monoisotopic (exact) mass is 462 g/mol. The van der Waals surface area contributed by atoms with Crippen LogP contribution in [0, 0.1) is 14.9 Å². The Kier molecular flexibility index (Phi) is 5.56. The summed E-state index contributed by atoms with van der Waals surface area (Å²) in [5, 5.41) is 10.3. The van der Waals surface area contributed by atoms with Crippen LogP contribution in [0.15, 0.2) is 36.4 Å². The van der Waals surface area contributed by atoms with Gasteiger partial charge in [0.25, 0.3) is 0 Å². The van der Waals surface area contributed by atoms with E-state index in [9.17, 15) is 5.26 Å². The Balaban J connectivity index is 2.05. The second-order valence-electron chi connectivity index (χ2n) is 5.12. The average molecular weight is 462 g/mol. The van der Waals surface area contributed by atoms with Crippen molar-refractivity contribution < 1.29 is 9.47 Å². The van der Waals surface area contributed by atoms with Gasteiger partial charge in [0.15, 0.2) is 11.5 Å². The first-order chi connectivity index (χ1) is 12.2. The molecule has 4 nitrogen and oxygen atoms in total. The topological polar surface area (TPSA) is 55.1 Å². The molecular formula is C19H15IN2O2S. The molecule has 3 rings (SSSR count). The van der Waals surface area contributed by atoms with Gasteiger partial charge in [0, 0.05) is 0 Å². The first kappa shape index (κ1) is 17.7. The number of hydrogen-bond acceptors (Lipinski definition) is 5. The Morgan fingerprint density at radius 3 is 2.84 bits per heavy atom. The van der Waals surface area contributed by atoms with E-state index < -0.39 is 0 Å². The van der Waals surface area contributed by atoms with Crippen LogP contribution >= 0.6 is 33.9 Å². The standard InChI is InChI=1S/C19H15IN2O2S/c1-3-24-18-14(20)9-12(10-16(18)23-2)8-13(11-21)19-22-15-6-4-5-7-17(15)25-19/h4-10H,3H2,1-2H3/b13-8-. The lowest BCUT2D eigenvalue weighted by atomic mass is 10.1. The van der Waals surface area contributed by atoms with Crippen molar-refractivity contribution in [3.05, 3.63) is 50.5 Å². The summed E-state index contributed by atoms with van der Waals surface area (Å²) in [6, 6.07) is 14.0. The molecule has 0 N–H and O–H groups in total. The van der Waals surface area contributed by atoms with Crippen LogP contribution in [-0.2, 0) is 0 Å². The highest BCUT2D eigenvalue weighted by Gasteiger charge is 2.13. The third-order valence-electron chi connectivity index (χ3n) is 3.50. The van der Waals surface area contributed by atoms with E-state index in [1.54, 1.807) is 7.11 Å². The molecule has 0 fully saturated rings. The number of halogens is 1. The summed E-state index contributed by atoms with van der Waals surface area (Å²) in [6.45, 7) is 2.50. The van der Waals surface area contributed by atoms with E-state index in [0.29, 0.717) is 22.9 Å². The fourth-order valence-corrected chi connectivity index (χ4v) is 4.12. The molecule has 1 aromatic heterocycles. The van der Waals surface area contributed by atoms with Gasteiger partial charge in [0.2, 0.25) is 0 Å². The van der Waals surface area contributed by atoms with E-state index in [2.05, 4.69) is 33.6 Å². The molecule has 0 saturated heterocycles. The summed E-state index contributed by atoms with van der Waals surface area (Å²) >= 11 is 3.73. The van der Waals surface area contributed by atoms with Gasteiger partial charge in [-0.1, -0.05) is 12.1 Å². The highest BCUT2D eigenvalue weighted by molar-refractivity contribution is 14.1. The Bertz CT molecular complexity index is 956. The van der Waals surface area contributed by atoms with Crippen LogP contribution in [0.25, 0.3) is 21.9 Å². The normalized spacial score (nSPS) is 11.4. The summed E-state index contributed by atoms with van der Waals surface area (Å²) in [5.74, 6) is 1.38. The van der Waals surface area contributed by atoms with Crippen LogP contribution in [-0.4, -0.2) is 18.7 Å². The molecule has 25 heavy (non-hydrogen) atoms. The smallest absolute Gasteiger partial charge is 0.174 e. The van der Waals surface area contributed by atoms with Gasteiger partial charge in [-0.3, -0.25) is 0 Å². The number of nitrogens with zero attached hydrogens (tertiary/aromatic N) is 2. The average Bonchev–Trinajstić information content (AvgIpc) is 3.05. The van der Waals surface area contributed by atoms with E-state index in [-0.39, 0.29) is 0 Å². The van der Waals surface area contributed by atoms with Crippen LogP contribution in [0.1, 0.15) is 17.5 Å². The quantitative estimate of drug-likeness (QED) is 0.378. The molecule has 0 aliphatic carbocycles. The maximum absolute atomic E-state index is 9.59. The van der Waals surface area contributed by atoms with Gasteiger partial charge in [0.05, 0.1) is 33.1 Å². The zero-order valence-electron chi connectivity index (χ0n) is 13.7. The van der Waals surface area contributed by atoms with E-state index >= 15 is 0 Å². The van der Waals surface area contributed by atoms with Crippen molar-refractivity contribution in [1.29, 1.82) is 5.26 Å². The first-order valence-corrected chi connectivity index (χ1v) is 9.53. The molecule has 0 aliphatic rings. The highest BCUT2D eigenvalue weighted by atomic mass is 127. The minimum atomic E-state index is 0.531. The van der Waals surface area contributed by atoms with E-state index in [0.717, 1.165) is 25.1 Å². The molecule has 1 heterocycles. The zero-order chi connectivity index (χ0) is 17.8. The van der Waals surface area contributed by atoms with Gasteiger partial charge in [-0.15, -0.1) is 11.3 Å². The fourth-order valence-electron chi connectivity index (χ4n) is 2.40. The lowest BCUT2D eigenvalue weighted by molar-refractivity contribution is 0.308. The molecule has 126 valence electrons. The van der Waals surface area contributed by atoms with Crippen molar-refractivity contribution in [3.63, 3.8) is 0 Å². The molecule has 3 aromatic rings. The Morgan fingerprint density at radius 2 is 2.16 bits per heavy atom. The second-order valence-corrected chi connectivity index (χ2v) is 7.32. The van der Waals surface area contributed by atoms with E-state index in [1.807, 2.05) is 49.4 Å². The maximum Gasteiger partial charge on any atom is 0.174 e. The Morgan fingerprint density at radius 1 is 1.36 bits per heavy atom. The number of nitriles is 1. The number of allylic oxidation sites excluding steroid dienone is 1. The predicted octanol–water partition coefficient (Wildman–Crippen LogP) is 5.37. The van der Waals surface area contributed by atoms with Gasteiger partial charge in [-0.25, -0.2) is 4.98 Å². The van der Waals surface area contributed by atoms with Crippen LogP contribution in [0.4, 0.5) is 0 Å². The number of aromatic nitrogens is 1. The van der Waals surface area contributed by atoms with Crippen molar-refractivity contribution in [2.45, 2.75) is 6.92 Å². The SMILES string of the molecule is CCOc1c(I)cc(/C=C(/C#N)c2nc3ccccc3s2)cc1OC. The number of thiazole rings is 1. The summed E-state index contributed by atoms with van der Waals surface area (Å²) in [5.41, 5.74) is 2.31. The minimum Gasteiger partial charge on any atom is -0.493 e. The number of benzene rings is 2. The lowest BCUT2D eigenvalue weighted by Gasteiger charge is -2.12. The third kappa shape index (κ3) is 3.78. The first-order valence-electron chi connectivity index (χ1n) is 7.64. The van der Waals surface area contributed by atoms with E-state index in [4.69, 9.17) is 9.47 Å². The molecule has 0 bridgehead atoms. The fraction of sp³-hybridized carbons (Fsp3) is 0.158. The van der Waals surface area contributed by atoms with Gasteiger partial charge >= 0.3 is 0 Å². The highest BCUT2D eigenvalue weighted by Crippen LogP contribution is 2.35. The zero-order valence-corrected chi connectivity index (χ0v) is 16.7. The van der Waals surface area contributed by atoms with Gasteiger partial charge in [-0.2, -0.15) is 5.26 Å². The predicted molar refractivity (Wildman–Crippen MR) is 110 cm³/mol. The molecule has 0 radical (unpaired) electrons. The molecule has 0 saturated carbocycles. The minimum absolute atomic E-state index is 0.531.